The number of rotatable bonds is 7. The molecule has 0 aliphatic carbocycles. The van der Waals surface area contributed by atoms with Crippen LogP contribution in [0.4, 0.5) is 0 Å². The third kappa shape index (κ3) is 4.77. The fourth-order valence-corrected chi connectivity index (χ4v) is 1.70. The molecule has 1 aromatic heterocycles. The highest BCUT2D eigenvalue weighted by atomic mass is 16.5. The van der Waals surface area contributed by atoms with Gasteiger partial charge < -0.3 is 14.9 Å². The first-order chi connectivity index (χ1) is 8.91. The van der Waals surface area contributed by atoms with E-state index in [1.54, 1.807) is 10.8 Å². The van der Waals surface area contributed by atoms with E-state index in [-0.39, 0.29) is 12.2 Å². The molecule has 0 amide bonds. The normalized spacial score (nSPS) is 10.7. The van der Waals surface area contributed by atoms with Crippen LogP contribution in [0.1, 0.15) is 32.4 Å². The molecule has 0 aromatic carbocycles. The highest BCUT2D eigenvalue weighted by Gasteiger charge is 2.18. The number of carboxylic acids is 1. The number of aromatic nitrogens is 1. The fourth-order valence-electron chi connectivity index (χ4n) is 1.70. The van der Waals surface area contributed by atoms with Crippen molar-refractivity contribution in [2.75, 3.05) is 6.61 Å². The lowest BCUT2D eigenvalue weighted by atomic mass is 10.1. The summed E-state index contributed by atoms with van der Waals surface area (Å²) in [5.74, 6) is 0.217. The molecule has 19 heavy (non-hydrogen) atoms. The molecule has 0 saturated heterocycles. The topological polar surface area (TPSA) is 70.6 Å². The third-order valence-electron chi connectivity index (χ3n) is 2.91. The SMILES string of the molecule is Cc1c(OCCC(C)C)c(O)cc[n+]1CCC(=O)O. The summed E-state index contributed by atoms with van der Waals surface area (Å²) in [4.78, 5) is 10.6. The van der Waals surface area contributed by atoms with E-state index in [1.165, 1.54) is 6.07 Å². The van der Waals surface area contributed by atoms with Crippen molar-refractivity contribution in [3.05, 3.63) is 18.0 Å². The van der Waals surface area contributed by atoms with E-state index < -0.39 is 5.97 Å². The summed E-state index contributed by atoms with van der Waals surface area (Å²) in [7, 11) is 0. The molecule has 0 fully saturated rings. The molecule has 0 aliphatic rings. The van der Waals surface area contributed by atoms with Crippen LogP contribution in [0, 0.1) is 12.8 Å². The van der Waals surface area contributed by atoms with Crippen molar-refractivity contribution in [2.24, 2.45) is 5.92 Å². The molecule has 0 aliphatic heterocycles. The molecule has 0 spiro atoms. The van der Waals surface area contributed by atoms with Crippen molar-refractivity contribution < 1.29 is 24.3 Å². The van der Waals surface area contributed by atoms with E-state index >= 15 is 0 Å². The number of pyridine rings is 1. The van der Waals surface area contributed by atoms with Crippen molar-refractivity contribution in [3.8, 4) is 11.5 Å². The van der Waals surface area contributed by atoms with E-state index in [9.17, 15) is 9.90 Å². The Morgan fingerprint density at radius 2 is 2.16 bits per heavy atom. The average molecular weight is 268 g/mol. The molecule has 1 heterocycles. The van der Waals surface area contributed by atoms with Gasteiger partial charge in [-0.3, -0.25) is 4.79 Å². The highest BCUT2D eigenvalue weighted by molar-refractivity contribution is 5.66. The van der Waals surface area contributed by atoms with Gasteiger partial charge in [-0.05, 0) is 12.3 Å². The zero-order valence-corrected chi connectivity index (χ0v) is 11.7. The minimum atomic E-state index is -0.845. The van der Waals surface area contributed by atoms with Crippen LogP contribution >= 0.6 is 0 Å². The maximum Gasteiger partial charge on any atom is 0.309 e. The summed E-state index contributed by atoms with van der Waals surface area (Å²) in [5, 5.41) is 18.5. The molecule has 0 atom stereocenters. The van der Waals surface area contributed by atoms with Gasteiger partial charge in [0.25, 0.3) is 0 Å². The number of carbonyl (C=O) groups is 1. The van der Waals surface area contributed by atoms with E-state index in [1.807, 2.05) is 6.92 Å². The van der Waals surface area contributed by atoms with Crippen LogP contribution in [-0.4, -0.2) is 22.8 Å². The van der Waals surface area contributed by atoms with Crippen LogP contribution in [0.5, 0.6) is 11.5 Å². The van der Waals surface area contributed by atoms with Crippen molar-refractivity contribution in [1.29, 1.82) is 0 Å². The minimum Gasteiger partial charge on any atom is -0.504 e. The Kier molecular flexibility index (Phi) is 5.60. The Hall–Kier alpha value is -1.78. The first kappa shape index (κ1) is 15.3. The predicted molar refractivity (Wildman–Crippen MR) is 70.2 cm³/mol. The number of nitrogens with zero attached hydrogens (tertiary/aromatic N) is 1. The largest absolute Gasteiger partial charge is 0.504 e. The second-order valence-electron chi connectivity index (χ2n) is 4.98. The molecule has 0 unspecified atom stereocenters. The third-order valence-corrected chi connectivity index (χ3v) is 2.91. The number of hydrogen-bond donors (Lipinski definition) is 2. The lowest BCUT2D eigenvalue weighted by molar-refractivity contribution is -0.702. The summed E-state index contributed by atoms with van der Waals surface area (Å²) >= 11 is 0. The monoisotopic (exact) mass is 268 g/mol. The number of aromatic hydroxyl groups is 1. The number of carboxylic acid groups (broad SMARTS) is 1. The van der Waals surface area contributed by atoms with Gasteiger partial charge in [-0.1, -0.05) is 13.8 Å². The Labute approximate surface area is 113 Å². The van der Waals surface area contributed by atoms with E-state index in [0.717, 1.165) is 12.1 Å². The van der Waals surface area contributed by atoms with Crippen LogP contribution in [0.3, 0.4) is 0 Å². The summed E-state index contributed by atoms with van der Waals surface area (Å²) < 4.78 is 7.38. The standard InChI is InChI=1S/C14H21NO4/c1-10(2)6-9-19-14-11(3)15(7-4-12(14)16)8-5-13(17)18/h4,7,10H,5-6,8-9H2,1-3H3,(H,17,18)/p+1. The summed E-state index contributed by atoms with van der Waals surface area (Å²) in [6, 6.07) is 1.53. The molecule has 5 heteroatoms. The maximum atomic E-state index is 10.6. The van der Waals surface area contributed by atoms with E-state index in [2.05, 4.69) is 13.8 Å². The van der Waals surface area contributed by atoms with Crippen LogP contribution in [0.25, 0.3) is 0 Å². The van der Waals surface area contributed by atoms with Gasteiger partial charge in [0, 0.05) is 13.0 Å². The van der Waals surface area contributed by atoms with Crippen molar-refractivity contribution >= 4 is 5.97 Å². The molecule has 1 aromatic rings. The lowest BCUT2D eigenvalue weighted by Gasteiger charge is -2.11. The Morgan fingerprint density at radius 1 is 1.47 bits per heavy atom. The zero-order valence-electron chi connectivity index (χ0n) is 11.7. The maximum absolute atomic E-state index is 10.6. The summed E-state index contributed by atoms with van der Waals surface area (Å²) in [5.41, 5.74) is 0.741. The Morgan fingerprint density at radius 3 is 2.74 bits per heavy atom. The molecule has 106 valence electrons. The quantitative estimate of drug-likeness (QED) is 0.741. The first-order valence-corrected chi connectivity index (χ1v) is 6.48. The zero-order chi connectivity index (χ0) is 14.4. The van der Waals surface area contributed by atoms with Crippen LogP contribution in [0.2, 0.25) is 0 Å². The predicted octanol–water partition coefficient (Wildman–Crippen LogP) is 1.89. The van der Waals surface area contributed by atoms with Gasteiger partial charge in [-0.15, -0.1) is 0 Å². The Bertz CT molecular complexity index is 443. The lowest BCUT2D eigenvalue weighted by Crippen LogP contribution is -2.38. The van der Waals surface area contributed by atoms with E-state index in [0.29, 0.717) is 24.8 Å². The minimum absolute atomic E-state index is 0.0434. The van der Waals surface area contributed by atoms with Gasteiger partial charge >= 0.3 is 5.97 Å². The molecule has 1 rings (SSSR count). The highest BCUT2D eigenvalue weighted by Crippen LogP contribution is 2.27. The molecule has 5 nitrogen and oxygen atoms in total. The fraction of sp³-hybridized carbons (Fsp3) is 0.571. The van der Waals surface area contributed by atoms with Gasteiger partial charge in [-0.2, -0.15) is 4.57 Å². The van der Waals surface area contributed by atoms with Crippen LogP contribution < -0.4 is 9.30 Å². The molecule has 0 radical (unpaired) electrons. The van der Waals surface area contributed by atoms with Gasteiger partial charge in [0.1, 0.15) is 6.42 Å². The summed E-state index contributed by atoms with van der Waals surface area (Å²) in [6.45, 7) is 6.92. The van der Waals surface area contributed by atoms with Crippen LogP contribution in [0.15, 0.2) is 12.3 Å². The molecule has 0 saturated carbocycles. The second kappa shape index (κ2) is 6.97. The number of ether oxygens (including phenoxy) is 1. The molecule has 2 N–H and O–H groups in total. The second-order valence-corrected chi connectivity index (χ2v) is 4.98. The molecular formula is C14H22NO4+. The van der Waals surface area contributed by atoms with Gasteiger partial charge in [-0.25, -0.2) is 0 Å². The number of hydrogen-bond acceptors (Lipinski definition) is 3. The van der Waals surface area contributed by atoms with Crippen molar-refractivity contribution in [1.82, 2.24) is 0 Å². The summed E-state index contributed by atoms with van der Waals surface area (Å²) in [6.07, 6.45) is 2.62. The molecular weight excluding hydrogens is 246 g/mol. The van der Waals surface area contributed by atoms with Crippen molar-refractivity contribution in [2.45, 2.75) is 40.2 Å². The molecule has 0 bridgehead atoms. The Balaban J connectivity index is 2.78. The van der Waals surface area contributed by atoms with Gasteiger partial charge in [0.15, 0.2) is 18.5 Å². The van der Waals surface area contributed by atoms with Gasteiger partial charge in [0.05, 0.1) is 6.61 Å². The van der Waals surface area contributed by atoms with Crippen molar-refractivity contribution in [3.63, 3.8) is 0 Å². The number of aliphatic carboxylic acids is 1. The van der Waals surface area contributed by atoms with E-state index in [4.69, 9.17) is 9.84 Å². The number of aryl methyl sites for hydroxylation is 1. The average Bonchev–Trinajstić information content (AvgIpc) is 2.31. The van der Waals surface area contributed by atoms with Gasteiger partial charge in [0.2, 0.25) is 11.4 Å². The van der Waals surface area contributed by atoms with Crippen LogP contribution in [-0.2, 0) is 11.3 Å². The smallest absolute Gasteiger partial charge is 0.309 e. The first-order valence-electron chi connectivity index (χ1n) is 6.48.